The van der Waals surface area contributed by atoms with Crippen molar-refractivity contribution >= 4 is 30.3 Å². The van der Waals surface area contributed by atoms with E-state index in [4.69, 9.17) is 9.47 Å². The van der Waals surface area contributed by atoms with Gasteiger partial charge in [-0.25, -0.2) is 0 Å². The van der Waals surface area contributed by atoms with E-state index in [-0.39, 0.29) is 37.8 Å². The van der Waals surface area contributed by atoms with E-state index in [0.717, 1.165) is 4.46 Å². The molecule has 0 fully saturated rings. The van der Waals surface area contributed by atoms with Crippen LogP contribution >= 0.6 is 0 Å². The van der Waals surface area contributed by atoms with Gasteiger partial charge in [-0.05, 0) is 0 Å². The van der Waals surface area contributed by atoms with Crippen LogP contribution in [0.3, 0.4) is 0 Å². The number of esters is 1. The number of benzene rings is 1. The van der Waals surface area contributed by atoms with Crippen molar-refractivity contribution in [3.63, 3.8) is 0 Å². The van der Waals surface area contributed by atoms with Gasteiger partial charge in [-0.15, -0.1) is 0 Å². The molecule has 0 aromatic heterocycles. The Bertz CT molecular complexity index is 498. The summed E-state index contributed by atoms with van der Waals surface area (Å²) < 4.78 is 11.1. The topological polar surface area (TPSA) is 52.6 Å². The van der Waals surface area contributed by atoms with Crippen molar-refractivity contribution in [1.82, 2.24) is 0 Å². The van der Waals surface area contributed by atoms with Gasteiger partial charge in [0.05, 0.1) is 0 Å². The summed E-state index contributed by atoms with van der Waals surface area (Å²) in [5.74, 6) is -0.462. The summed E-state index contributed by atoms with van der Waals surface area (Å²) in [7, 11) is 1.38. The molecule has 0 spiro atoms. The number of hydrogen-bond acceptors (Lipinski definition) is 4. The van der Waals surface area contributed by atoms with Crippen molar-refractivity contribution in [3.8, 4) is 0 Å². The summed E-state index contributed by atoms with van der Waals surface area (Å²) in [6.07, 6.45) is 4.53. The van der Waals surface area contributed by atoms with Crippen molar-refractivity contribution in [1.29, 1.82) is 0 Å². The minimum absolute atomic E-state index is 0.216. The van der Waals surface area contributed by atoms with E-state index in [1.807, 2.05) is 42.5 Å². The maximum atomic E-state index is 11.9. The molecular formula is C15H16O4Se. The number of carbonyl (C=O) groups is 2. The number of ether oxygens (including phenoxy) is 2. The Hall–Kier alpha value is -1.58. The molecule has 1 aliphatic rings. The molecule has 0 unspecified atom stereocenters. The van der Waals surface area contributed by atoms with Crippen LogP contribution in [-0.4, -0.2) is 39.0 Å². The van der Waals surface area contributed by atoms with E-state index in [1.165, 1.54) is 7.11 Å². The fraction of sp³-hybridized carbons (Fsp3) is 0.333. The number of hydrogen-bond donors (Lipinski definition) is 0. The first-order valence-corrected chi connectivity index (χ1v) is 8.08. The Morgan fingerprint density at radius 1 is 1.25 bits per heavy atom. The molecule has 1 aliphatic carbocycles. The van der Waals surface area contributed by atoms with Gasteiger partial charge in [0.15, 0.2) is 0 Å². The third kappa shape index (κ3) is 4.22. The van der Waals surface area contributed by atoms with E-state index in [1.54, 1.807) is 0 Å². The van der Waals surface area contributed by atoms with Crippen LogP contribution in [-0.2, 0) is 14.3 Å². The van der Waals surface area contributed by atoms with Crippen LogP contribution in [0.25, 0.3) is 0 Å². The molecule has 0 radical (unpaired) electrons. The van der Waals surface area contributed by atoms with Crippen LogP contribution in [0.2, 0.25) is 0 Å². The first kappa shape index (κ1) is 14.8. The quantitative estimate of drug-likeness (QED) is 0.476. The second kappa shape index (κ2) is 7.27. The maximum absolute atomic E-state index is 11.9. The molecule has 4 nitrogen and oxygen atoms in total. The number of allylic oxidation sites excluding steroid dienone is 1. The van der Waals surface area contributed by atoms with E-state index in [0.29, 0.717) is 12.8 Å². The Morgan fingerprint density at radius 2 is 2.00 bits per heavy atom. The average molecular weight is 339 g/mol. The Kier molecular flexibility index (Phi) is 5.39. The first-order chi connectivity index (χ1) is 9.69. The Morgan fingerprint density at radius 3 is 2.70 bits per heavy atom. The SMILES string of the molecule is COC(=O)[C@@H]1CC=C[C@H](OC(=O)[Se]c2ccccc2)C1. The molecule has 0 aliphatic heterocycles. The van der Waals surface area contributed by atoms with Crippen molar-refractivity contribution in [2.24, 2.45) is 5.92 Å². The second-order valence-electron chi connectivity index (χ2n) is 4.44. The van der Waals surface area contributed by atoms with Gasteiger partial charge >= 0.3 is 124 Å². The fourth-order valence-corrected chi connectivity index (χ4v) is 3.41. The molecule has 20 heavy (non-hydrogen) atoms. The summed E-state index contributed by atoms with van der Waals surface area (Å²) in [5.41, 5.74) is 0. The van der Waals surface area contributed by atoms with Gasteiger partial charge in [0, 0.05) is 0 Å². The second-order valence-corrected chi connectivity index (χ2v) is 6.56. The monoisotopic (exact) mass is 340 g/mol. The number of rotatable bonds is 4. The van der Waals surface area contributed by atoms with Gasteiger partial charge in [-0.3, -0.25) is 0 Å². The molecule has 1 aromatic rings. The molecule has 2 atom stereocenters. The first-order valence-electron chi connectivity index (χ1n) is 6.37. The van der Waals surface area contributed by atoms with Crippen molar-refractivity contribution in [2.45, 2.75) is 18.9 Å². The third-order valence-corrected chi connectivity index (χ3v) is 4.63. The van der Waals surface area contributed by atoms with Gasteiger partial charge in [0.1, 0.15) is 0 Å². The zero-order valence-electron chi connectivity index (χ0n) is 11.2. The van der Waals surface area contributed by atoms with Crippen molar-refractivity contribution in [2.75, 3.05) is 7.11 Å². The van der Waals surface area contributed by atoms with Crippen LogP contribution in [0.1, 0.15) is 12.8 Å². The standard InChI is InChI=1S/C15H16O4Se/c1-18-14(16)11-6-5-7-12(10-11)19-15(17)20-13-8-3-2-4-9-13/h2-5,7-9,11-12H,6,10H2,1H3/t11-,12+/m1/s1. The predicted molar refractivity (Wildman–Crippen MR) is 76.0 cm³/mol. The van der Waals surface area contributed by atoms with Crippen LogP contribution < -0.4 is 4.46 Å². The van der Waals surface area contributed by atoms with E-state index in [2.05, 4.69) is 0 Å². The van der Waals surface area contributed by atoms with E-state index in [9.17, 15) is 9.59 Å². The van der Waals surface area contributed by atoms with Gasteiger partial charge in [0.2, 0.25) is 0 Å². The summed E-state index contributed by atoms with van der Waals surface area (Å²) in [4.78, 5) is 23.2. The number of carbonyl (C=O) groups excluding carboxylic acids is 2. The fourth-order valence-electron chi connectivity index (χ4n) is 2.03. The molecule has 1 aromatic carbocycles. The summed E-state index contributed by atoms with van der Waals surface area (Å²) in [5, 5.41) is 0. The Balaban J connectivity index is 1.87. The number of methoxy groups -OCH3 is 1. The minimum atomic E-state index is -0.354. The molecule has 0 saturated carbocycles. The summed E-state index contributed by atoms with van der Waals surface area (Å²) in [6.45, 7) is 0. The average Bonchev–Trinajstić information content (AvgIpc) is 2.47. The van der Waals surface area contributed by atoms with Crippen molar-refractivity contribution in [3.05, 3.63) is 42.5 Å². The molecule has 0 N–H and O–H groups in total. The van der Waals surface area contributed by atoms with Crippen LogP contribution in [0, 0.1) is 5.92 Å². The van der Waals surface area contributed by atoms with Gasteiger partial charge < -0.3 is 0 Å². The zero-order chi connectivity index (χ0) is 14.4. The van der Waals surface area contributed by atoms with Crippen molar-refractivity contribution < 1.29 is 19.1 Å². The third-order valence-electron chi connectivity index (χ3n) is 3.01. The Labute approximate surface area is 124 Å². The van der Waals surface area contributed by atoms with Crippen LogP contribution in [0.5, 0.6) is 0 Å². The molecule has 106 valence electrons. The normalized spacial score (nSPS) is 21.2. The molecule has 0 amide bonds. The van der Waals surface area contributed by atoms with E-state index >= 15 is 0 Å². The van der Waals surface area contributed by atoms with Gasteiger partial charge in [-0.2, -0.15) is 0 Å². The molecular weight excluding hydrogens is 323 g/mol. The van der Waals surface area contributed by atoms with E-state index < -0.39 is 0 Å². The summed E-state index contributed by atoms with van der Waals surface area (Å²) in [6, 6.07) is 9.54. The summed E-state index contributed by atoms with van der Waals surface area (Å²) >= 11 is -0.354. The van der Waals surface area contributed by atoms with Gasteiger partial charge in [-0.1, -0.05) is 0 Å². The van der Waals surface area contributed by atoms with Crippen LogP contribution in [0.4, 0.5) is 4.79 Å². The van der Waals surface area contributed by atoms with Gasteiger partial charge in [0.25, 0.3) is 0 Å². The van der Waals surface area contributed by atoms with Crippen LogP contribution in [0.15, 0.2) is 42.5 Å². The molecule has 0 saturated heterocycles. The molecule has 0 heterocycles. The molecule has 2 rings (SSSR count). The molecule has 0 bridgehead atoms. The zero-order valence-corrected chi connectivity index (χ0v) is 12.9. The molecule has 5 heteroatoms. The predicted octanol–water partition coefficient (Wildman–Crippen LogP) is 1.66.